The molecule has 0 spiro atoms. The van der Waals surface area contributed by atoms with E-state index in [0.717, 1.165) is 24.1 Å². The van der Waals surface area contributed by atoms with E-state index in [1.165, 1.54) is 25.7 Å². The number of nitrogens with two attached hydrogens (primary N) is 1. The summed E-state index contributed by atoms with van der Waals surface area (Å²) in [6.07, 6.45) is 5.61. The van der Waals surface area contributed by atoms with E-state index in [0.29, 0.717) is 0 Å². The van der Waals surface area contributed by atoms with Crippen molar-refractivity contribution in [2.45, 2.75) is 45.2 Å². The first kappa shape index (κ1) is 8.82. The molecule has 1 aromatic rings. The molecule has 0 aromatic carbocycles. The van der Waals surface area contributed by atoms with Crippen LogP contribution < -0.4 is 5.32 Å². The fourth-order valence-corrected chi connectivity index (χ4v) is 2.07. The minimum atomic E-state index is 0.852. The number of rotatable bonds is 3. The van der Waals surface area contributed by atoms with Crippen LogP contribution in [0.15, 0.2) is 16.5 Å². The molecule has 0 radical (unpaired) electrons. The SMILES string of the molecule is Cc1ccc(C[NH2+]C2CCCC2)o1. The van der Waals surface area contributed by atoms with Crippen LogP contribution in [0.1, 0.15) is 37.2 Å². The van der Waals surface area contributed by atoms with Crippen LogP contribution in [-0.2, 0) is 6.54 Å². The summed E-state index contributed by atoms with van der Waals surface area (Å²) in [6, 6.07) is 4.98. The van der Waals surface area contributed by atoms with E-state index in [1.807, 2.05) is 13.0 Å². The first-order valence-corrected chi connectivity index (χ1v) is 5.23. The topological polar surface area (TPSA) is 29.8 Å². The molecular weight excluding hydrogens is 162 g/mol. The minimum Gasteiger partial charge on any atom is -0.460 e. The molecule has 0 saturated heterocycles. The minimum absolute atomic E-state index is 0.852. The van der Waals surface area contributed by atoms with Crippen molar-refractivity contribution < 1.29 is 9.73 Å². The van der Waals surface area contributed by atoms with Crippen molar-refractivity contribution in [3.05, 3.63) is 23.7 Å². The Morgan fingerprint density at radius 1 is 1.38 bits per heavy atom. The fourth-order valence-electron chi connectivity index (χ4n) is 2.07. The smallest absolute Gasteiger partial charge is 0.158 e. The van der Waals surface area contributed by atoms with Crippen molar-refractivity contribution >= 4 is 0 Å². The van der Waals surface area contributed by atoms with E-state index in [4.69, 9.17) is 4.42 Å². The van der Waals surface area contributed by atoms with Crippen molar-refractivity contribution in [1.82, 2.24) is 0 Å². The second kappa shape index (κ2) is 3.97. The van der Waals surface area contributed by atoms with E-state index in [-0.39, 0.29) is 0 Å². The van der Waals surface area contributed by atoms with Gasteiger partial charge >= 0.3 is 0 Å². The van der Waals surface area contributed by atoms with Crippen LogP contribution >= 0.6 is 0 Å². The Labute approximate surface area is 79.3 Å². The molecule has 0 unspecified atom stereocenters. The lowest BCUT2D eigenvalue weighted by molar-refractivity contribution is -0.704. The summed E-state index contributed by atoms with van der Waals surface area (Å²) in [5.74, 6) is 2.14. The molecule has 1 heterocycles. The molecule has 13 heavy (non-hydrogen) atoms. The van der Waals surface area contributed by atoms with Crippen LogP contribution in [0.2, 0.25) is 0 Å². The zero-order valence-electron chi connectivity index (χ0n) is 8.25. The lowest BCUT2D eigenvalue weighted by Gasteiger charge is -2.05. The molecule has 1 aliphatic rings. The van der Waals surface area contributed by atoms with Gasteiger partial charge < -0.3 is 9.73 Å². The Balaban J connectivity index is 1.78. The third kappa shape index (κ3) is 2.34. The van der Waals surface area contributed by atoms with Gasteiger partial charge in [0.2, 0.25) is 0 Å². The summed E-state index contributed by atoms with van der Waals surface area (Å²) in [7, 11) is 0. The summed E-state index contributed by atoms with van der Waals surface area (Å²) in [4.78, 5) is 0. The summed E-state index contributed by atoms with van der Waals surface area (Å²) < 4.78 is 5.51. The average molecular weight is 180 g/mol. The Kier molecular flexibility index (Phi) is 2.69. The number of aryl methyl sites for hydroxylation is 1. The molecule has 2 N–H and O–H groups in total. The molecule has 1 aliphatic carbocycles. The number of hydrogen-bond acceptors (Lipinski definition) is 1. The van der Waals surface area contributed by atoms with E-state index >= 15 is 0 Å². The van der Waals surface area contributed by atoms with Crippen molar-refractivity contribution in [3.63, 3.8) is 0 Å². The molecular formula is C11H18NO+. The highest BCUT2D eigenvalue weighted by Crippen LogP contribution is 2.14. The van der Waals surface area contributed by atoms with E-state index in [9.17, 15) is 0 Å². The zero-order chi connectivity index (χ0) is 9.10. The molecule has 2 heteroatoms. The Morgan fingerprint density at radius 2 is 2.15 bits per heavy atom. The standard InChI is InChI=1S/C11H17NO/c1-9-6-7-11(13-9)8-12-10-4-2-3-5-10/h6-7,10,12H,2-5,8H2,1H3/p+1. The predicted octanol–water partition coefficient (Wildman–Crippen LogP) is 1.59. The van der Waals surface area contributed by atoms with Gasteiger partial charge in [-0.25, -0.2) is 0 Å². The van der Waals surface area contributed by atoms with Crippen LogP contribution in [0.5, 0.6) is 0 Å². The Morgan fingerprint density at radius 3 is 2.77 bits per heavy atom. The molecule has 1 saturated carbocycles. The van der Waals surface area contributed by atoms with E-state index in [2.05, 4.69) is 11.4 Å². The molecule has 0 aliphatic heterocycles. The maximum atomic E-state index is 5.51. The zero-order valence-corrected chi connectivity index (χ0v) is 8.25. The molecule has 1 fully saturated rings. The van der Waals surface area contributed by atoms with Crippen LogP contribution in [0.3, 0.4) is 0 Å². The molecule has 72 valence electrons. The average Bonchev–Trinajstić information content (AvgIpc) is 2.71. The summed E-state index contributed by atoms with van der Waals surface area (Å²) in [5.41, 5.74) is 0. The largest absolute Gasteiger partial charge is 0.460 e. The third-order valence-electron chi connectivity index (χ3n) is 2.85. The van der Waals surface area contributed by atoms with Gasteiger partial charge in [-0.3, -0.25) is 0 Å². The van der Waals surface area contributed by atoms with Gasteiger partial charge in [0.25, 0.3) is 0 Å². The molecule has 1 aromatic heterocycles. The fraction of sp³-hybridized carbons (Fsp3) is 0.636. The van der Waals surface area contributed by atoms with Gasteiger partial charge in [-0.2, -0.15) is 0 Å². The summed E-state index contributed by atoms with van der Waals surface area (Å²) >= 11 is 0. The Bertz CT molecular complexity index is 261. The highest BCUT2D eigenvalue weighted by atomic mass is 16.3. The molecule has 0 amide bonds. The van der Waals surface area contributed by atoms with Gasteiger partial charge in [0.1, 0.15) is 12.3 Å². The first-order valence-electron chi connectivity index (χ1n) is 5.23. The van der Waals surface area contributed by atoms with Gasteiger partial charge in [0.15, 0.2) is 5.76 Å². The van der Waals surface area contributed by atoms with Crippen molar-refractivity contribution in [1.29, 1.82) is 0 Å². The third-order valence-corrected chi connectivity index (χ3v) is 2.85. The monoisotopic (exact) mass is 180 g/mol. The van der Waals surface area contributed by atoms with Crippen LogP contribution in [0, 0.1) is 6.92 Å². The van der Waals surface area contributed by atoms with Gasteiger partial charge in [0, 0.05) is 0 Å². The van der Waals surface area contributed by atoms with Gasteiger partial charge in [-0.1, -0.05) is 0 Å². The number of quaternary nitrogens is 1. The Hall–Kier alpha value is -0.760. The number of hydrogen-bond donors (Lipinski definition) is 1. The lowest BCUT2D eigenvalue weighted by atomic mass is 10.2. The van der Waals surface area contributed by atoms with Gasteiger partial charge in [-0.15, -0.1) is 0 Å². The quantitative estimate of drug-likeness (QED) is 0.752. The van der Waals surface area contributed by atoms with Crippen molar-refractivity contribution in [3.8, 4) is 0 Å². The molecule has 2 rings (SSSR count). The normalized spacial score (nSPS) is 18.2. The van der Waals surface area contributed by atoms with Gasteiger partial charge in [0.05, 0.1) is 6.04 Å². The maximum Gasteiger partial charge on any atom is 0.158 e. The summed E-state index contributed by atoms with van der Waals surface area (Å²) in [6.45, 7) is 3.01. The van der Waals surface area contributed by atoms with E-state index in [1.54, 1.807) is 0 Å². The number of furan rings is 1. The summed E-state index contributed by atoms with van der Waals surface area (Å²) in [5, 5.41) is 2.42. The molecule has 0 bridgehead atoms. The maximum absolute atomic E-state index is 5.51. The van der Waals surface area contributed by atoms with Crippen LogP contribution in [0.4, 0.5) is 0 Å². The van der Waals surface area contributed by atoms with Crippen molar-refractivity contribution in [2.75, 3.05) is 0 Å². The highest BCUT2D eigenvalue weighted by Gasteiger charge is 2.17. The van der Waals surface area contributed by atoms with Crippen molar-refractivity contribution in [2.24, 2.45) is 0 Å². The van der Waals surface area contributed by atoms with Crippen LogP contribution in [-0.4, -0.2) is 6.04 Å². The first-order chi connectivity index (χ1) is 6.34. The second-order valence-electron chi connectivity index (χ2n) is 4.00. The second-order valence-corrected chi connectivity index (χ2v) is 4.00. The van der Waals surface area contributed by atoms with E-state index < -0.39 is 0 Å². The predicted molar refractivity (Wildman–Crippen MR) is 51.3 cm³/mol. The van der Waals surface area contributed by atoms with Crippen LogP contribution in [0.25, 0.3) is 0 Å². The van der Waals surface area contributed by atoms with Gasteiger partial charge in [-0.05, 0) is 44.7 Å². The molecule has 2 nitrogen and oxygen atoms in total. The lowest BCUT2D eigenvalue weighted by Crippen LogP contribution is -2.87. The highest BCUT2D eigenvalue weighted by molar-refractivity contribution is 5.03. The molecule has 0 atom stereocenters.